The second-order valence-corrected chi connectivity index (χ2v) is 17.1. The fraction of sp³-hybridized carbons (Fsp3) is 0.537. The third-order valence-electron chi connectivity index (χ3n) is 12.3. The lowest BCUT2D eigenvalue weighted by Gasteiger charge is -2.33. The molecule has 55 heavy (non-hydrogen) atoms. The van der Waals surface area contributed by atoms with Crippen LogP contribution in [0, 0.1) is 0 Å². The number of piperidine rings is 1. The van der Waals surface area contributed by atoms with Crippen molar-refractivity contribution in [3.8, 4) is 11.4 Å². The highest BCUT2D eigenvalue weighted by Crippen LogP contribution is 2.39. The number of hydrogen-bond acceptors (Lipinski definition) is 9. The van der Waals surface area contributed by atoms with Crippen LogP contribution in [0.5, 0.6) is 5.75 Å². The van der Waals surface area contributed by atoms with E-state index in [4.69, 9.17) is 9.84 Å². The van der Waals surface area contributed by atoms with Crippen LogP contribution >= 0.6 is 0 Å². The van der Waals surface area contributed by atoms with Gasteiger partial charge in [0.25, 0.3) is 0 Å². The van der Waals surface area contributed by atoms with E-state index in [9.17, 15) is 4.79 Å². The summed E-state index contributed by atoms with van der Waals surface area (Å²) >= 11 is 0. The molecule has 4 aliphatic rings. The molecule has 1 aliphatic carbocycles. The number of carbonyl (C=O) groups is 1. The van der Waals surface area contributed by atoms with Gasteiger partial charge in [-0.15, -0.1) is 10.2 Å². The first-order valence-corrected chi connectivity index (χ1v) is 20.1. The number of piperazine rings is 1. The number of amides is 2. The van der Waals surface area contributed by atoms with Gasteiger partial charge in [-0.05, 0) is 75.8 Å². The van der Waals surface area contributed by atoms with Gasteiger partial charge in [0.1, 0.15) is 23.4 Å². The maximum absolute atomic E-state index is 13.8. The highest BCUT2D eigenvalue weighted by atomic mass is 16.5. The van der Waals surface area contributed by atoms with E-state index in [-0.39, 0.29) is 23.6 Å². The van der Waals surface area contributed by atoms with Crippen LogP contribution in [0.1, 0.15) is 95.2 Å². The average molecular weight is 747 g/mol. The lowest BCUT2D eigenvalue weighted by molar-refractivity contribution is 0.144. The average Bonchev–Trinajstić information content (AvgIpc) is 4.01. The Labute approximate surface area is 322 Å². The summed E-state index contributed by atoms with van der Waals surface area (Å²) in [4.78, 5) is 21.2. The topological polar surface area (TPSA) is 126 Å². The molecule has 7 heterocycles. The molecule has 3 aliphatic heterocycles. The van der Waals surface area contributed by atoms with Crippen LogP contribution in [-0.4, -0.2) is 101 Å². The Hall–Kier alpha value is -4.95. The largest absolute Gasteiger partial charge is 0.484 e. The normalized spacial score (nSPS) is 24.4. The number of likely N-dealkylation sites (tertiary alicyclic amines) is 2. The van der Waals surface area contributed by atoms with Gasteiger partial charge in [0, 0.05) is 55.8 Å². The van der Waals surface area contributed by atoms with Crippen molar-refractivity contribution in [2.45, 2.75) is 108 Å². The molecule has 2 N–H and O–H groups in total. The van der Waals surface area contributed by atoms with Crippen molar-refractivity contribution in [3.05, 3.63) is 77.9 Å². The van der Waals surface area contributed by atoms with Gasteiger partial charge >= 0.3 is 6.03 Å². The molecule has 0 spiro atoms. The minimum absolute atomic E-state index is 0.155. The SMILES string of the molecule is C[C@H]1CCCCN1c1nnc2ccc(O[C@@H]3CC[C@H](NC(=O)Nc4cc(C(C)(C)C)nn4-c4cnn(CCN5C[C@@H]6C[C@H]5CN6C)c4)c4ccccc43)cn12. The van der Waals surface area contributed by atoms with Gasteiger partial charge < -0.3 is 19.9 Å². The fourth-order valence-electron chi connectivity index (χ4n) is 9.09. The fourth-order valence-corrected chi connectivity index (χ4v) is 9.09. The molecule has 9 rings (SSSR count). The van der Waals surface area contributed by atoms with Crippen molar-refractivity contribution in [2.75, 3.05) is 43.4 Å². The summed E-state index contributed by atoms with van der Waals surface area (Å²) in [6.45, 7) is 13.7. The van der Waals surface area contributed by atoms with Crippen molar-refractivity contribution in [3.63, 3.8) is 0 Å². The number of nitrogens with zero attached hydrogens (tertiary/aromatic N) is 10. The molecule has 3 saturated heterocycles. The monoisotopic (exact) mass is 746 g/mol. The smallest absolute Gasteiger partial charge is 0.320 e. The van der Waals surface area contributed by atoms with Crippen LogP contribution in [0.2, 0.25) is 0 Å². The molecule has 5 aromatic rings. The standard InChI is InChI=1S/C41H54N12O2/c1-27-10-8-9-17-51(27)40-46-45-37-16-13-31(26-52(37)40)55-35-15-14-34(32-11-6-7-12-33(32)35)43-39(54)44-38-21-36(41(2,3)4)47-53(38)30-22-42-50(25-30)19-18-49-24-28-20-29(49)23-48(28)5/h6-7,11-13,16,21-22,25-29,34-35H,8-10,14-15,17-20,23-24H2,1-5H3,(H2,43,44,54)/t27-,28-,29-,34-,35+/m0/s1. The molecule has 0 saturated carbocycles. The summed E-state index contributed by atoms with van der Waals surface area (Å²) < 4.78 is 12.5. The molecule has 0 radical (unpaired) electrons. The lowest BCUT2D eigenvalue weighted by Crippen LogP contribution is -2.45. The number of carbonyl (C=O) groups excluding carboxylic acids is 1. The van der Waals surface area contributed by atoms with E-state index in [0.717, 1.165) is 98.3 Å². The molecule has 1 aromatic carbocycles. The first-order valence-electron chi connectivity index (χ1n) is 20.1. The Morgan fingerprint density at radius 1 is 0.964 bits per heavy atom. The van der Waals surface area contributed by atoms with Crippen LogP contribution in [-0.2, 0) is 12.0 Å². The number of ether oxygens (including phenoxy) is 1. The Kier molecular flexibility index (Phi) is 9.28. The number of aromatic nitrogens is 7. The summed E-state index contributed by atoms with van der Waals surface area (Å²) in [7, 11) is 2.23. The van der Waals surface area contributed by atoms with Crippen LogP contribution < -0.4 is 20.3 Å². The third kappa shape index (κ3) is 7.06. The number of fused-ring (bicyclic) bond motifs is 4. The highest BCUT2D eigenvalue weighted by Gasteiger charge is 2.41. The summed E-state index contributed by atoms with van der Waals surface area (Å²) in [5, 5.41) is 25.0. The number of nitrogens with one attached hydrogen (secondary N) is 2. The van der Waals surface area contributed by atoms with Crippen molar-refractivity contribution in [2.24, 2.45) is 0 Å². The molecule has 14 nitrogen and oxygen atoms in total. The first kappa shape index (κ1) is 35.7. The van der Waals surface area contributed by atoms with E-state index in [2.05, 4.69) is 91.9 Å². The minimum atomic E-state index is -0.278. The Balaban J connectivity index is 0.884. The maximum Gasteiger partial charge on any atom is 0.320 e. The molecular formula is C41H54N12O2. The zero-order valence-corrected chi connectivity index (χ0v) is 32.7. The van der Waals surface area contributed by atoms with Gasteiger partial charge in [-0.25, -0.2) is 9.48 Å². The predicted molar refractivity (Wildman–Crippen MR) is 212 cm³/mol. The summed E-state index contributed by atoms with van der Waals surface area (Å²) in [6.07, 6.45) is 12.0. The van der Waals surface area contributed by atoms with E-state index in [1.54, 1.807) is 4.68 Å². The molecule has 290 valence electrons. The molecule has 2 bridgehead atoms. The summed E-state index contributed by atoms with van der Waals surface area (Å²) in [5.41, 5.74) is 4.44. The molecule has 0 unspecified atom stereocenters. The number of benzene rings is 1. The summed E-state index contributed by atoms with van der Waals surface area (Å²) in [5.74, 6) is 2.24. The molecule has 3 fully saturated rings. The second-order valence-electron chi connectivity index (χ2n) is 17.1. The van der Waals surface area contributed by atoms with E-state index in [0.29, 0.717) is 23.9 Å². The Morgan fingerprint density at radius 3 is 2.60 bits per heavy atom. The van der Waals surface area contributed by atoms with Crippen molar-refractivity contribution in [1.29, 1.82) is 0 Å². The van der Waals surface area contributed by atoms with Gasteiger partial charge in [0.05, 0.1) is 36.9 Å². The van der Waals surface area contributed by atoms with Crippen molar-refractivity contribution < 1.29 is 9.53 Å². The number of urea groups is 1. The number of pyridine rings is 1. The van der Waals surface area contributed by atoms with Crippen molar-refractivity contribution in [1.82, 2.24) is 49.3 Å². The van der Waals surface area contributed by atoms with Crippen molar-refractivity contribution >= 4 is 23.4 Å². The van der Waals surface area contributed by atoms with E-state index in [1.807, 2.05) is 53.6 Å². The lowest BCUT2D eigenvalue weighted by atomic mass is 9.85. The quantitative estimate of drug-likeness (QED) is 0.188. The summed E-state index contributed by atoms with van der Waals surface area (Å²) in [6, 6.07) is 15.5. The molecule has 14 heteroatoms. The Bertz CT molecular complexity index is 2160. The zero-order valence-electron chi connectivity index (χ0n) is 32.7. The molecule has 2 amide bonds. The van der Waals surface area contributed by atoms with Crippen LogP contribution in [0.25, 0.3) is 11.3 Å². The van der Waals surface area contributed by atoms with Gasteiger partial charge in [0.2, 0.25) is 5.95 Å². The predicted octanol–water partition coefficient (Wildman–Crippen LogP) is 5.95. The third-order valence-corrected chi connectivity index (χ3v) is 12.3. The number of likely N-dealkylation sites (N-methyl/N-ethyl adjacent to an activating group) is 1. The van der Waals surface area contributed by atoms with E-state index < -0.39 is 0 Å². The highest BCUT2D eigenvalue weighted by molar-refractivity contribution is 5.89. The first-order chi connectivity index (χ1) is 26.6. The zero-order chi connectivity index (χ0) is 37.8. The van der Waals surface area contributed by atoms with Crippen LogP contribution in [0.3, 0.4) is 0 Å². The molecular weight excluding hydrogens is 693 g/mol. The molecule has 5 atom stereocenters. The second kappa shape index (κ2) is 14.3. The number of anilines is 2. The van der Waals surface area contributed by atoms with Gasteiger partial charge in [0.15, 0.2) is 5.65 Å². The Morgan fingerprint density at radius 2 is 1.82 bits per heavy atom. The minimum Gasteiger partial charge on any atom is -0.484 e. The molecule has 4 aromatic heterocycles. The van der Waals surface area contributed by atoms with E-state index in [1.165, 1.54) is 12.8 Å². The van der Waals surface area contributed by atoms with Gasteiger partial charge in [-0.2, -0.15) is 10.2 Å². The van der Waals surface area contributed by atoms with E-state index >= 15 is 0 Å². The van der Waals surface area contributed by atoms with Gasteiger partial charge in [-0.3, -0.25) is 19.3 Å². The van der Waals surface area contributed by atoms with Gasteiger partial charge in [-0.1, -0.05) is 45.0 Å². The maximum atomic E-state index is 13.8. The van der Waals surface area contributed by atoms with Crippen LogP contribution in [0.15, 0.2) is 61.1 Å². The number of hydrogen-bond donors (Lipinski definition) is 2. The number of rotatable bonds is 9. The van der Waals surface area contributed by atoms with Crippen LogP contribution in [0.4, 0.5) is 16.6 Å².